The molecule has 0 aromatic heterocycles. The number of hydrogen-bond donors (Lipinski definition) is 1. The number of terminal acetylenes is 1. The van der Waals surface area contributed by atoms with Crippen LogP contribution >= 0.6 is 0 Å². The molecule has 0 bridgehead atoms. The van der Waals surface area contributed by atoms with Crippen LogP contribution in [0.5, 0.6) is 0 Å². The van der Waals surface area contributed by atoms with Crippen LogP contribution in [0.1, 0.15) is 39.5 Å². The Labute approximate surface area is 101 Å². The molecule has 1 saturated heterocycles. The molecular formula is C14H26N2. The van der Waals surface area contributed by atoms with Crippen molar-refractivity contribution >= 4 is 0 Å². The summed E-state index contributed by atoms with van der Waals surface area (Å²) >= 11 is 0. The van der Waals surface area contributed by atoms with E-state index in [1.54, 1.807) is 0 Å². The minimum absolute atomic E-state index is 0.692. The second-order valence-corrected chi connectivity index (χ2v) is 4.98. The first kappa shape index (κ1) is 13.5. The third kappa shape index (κ3) is 3.50. The van der Waals surface area contributed by atoms with Crippen LogP contribution in [0.25, 0.3) is 0 Å². The average molecular weight is 222 g/mol. The topological polar surface area (TPSA) is 15.3 Å². The summed E-state index contributed by atoms with van der Waals surface area (Å²) in [5, 5.41) is 3.43. The lowest BCUT2D eigenvalue weighted by Crippen LogP contribution is -2.52. The van der Waals surface area contributed by atoms with Gasteiger partial charge in [0.15, 0.2) is 0 Å². The second kappa shape index (κ2) is 6.93. The molecule has 3 atom stereocenters. The maximum atomic E-state index is 5.26. The van der Waals surface area contributed by atoms with Gasteiger partial charge in [0.1, 0.15) is 0 Å². The molecule has 2 heteroatoms. The van der Waals surface area contributed by atoms with E-state index in [-0.39, 0.29) is 0 Å². The van der Waals surface area contributed by atoms with Gasteiger partial charge in [0.05, 0.1) is 0 Å². The van der Waals surface area contributed by atoms with Gasteiger partial charge in [-0.25, -0.2) is 0 Å². The first-order valence-corrected chi connectivity index (χ1v) is 6.55. The number of piperidine rings is 1. The molecule has 1 aliphatic heterocycles. The van der Waals surface area contributed by atoms with E-state index >= 15 is 0 Å². The third-order valence-electron chi connectivity index (χ3n) is 4.09. The summed E-state index contributed by atoms with van der Waals surface area (Å²) in [5.41, 5.74) is 0. The molecule has 92 valence electrons. The lowest BCUT2D eigenvalue weighted by molar-refractivity contribution is 0.0863. The van der Waals surface area contributed by atoms with Gasteiger partial charge >= 0.3 is 0 Å². The van der Waals surface area contributed by atoms with Crippen LogP contribution in [0.4, 0.5) is 0 Å². The SMILES string of the molecule is C#CCCCCN1CCC(NC)C(C)C1C. The Bertz CT molecular complexity index is 231. The van der Waals surface area contributed by atoms with Crippen molar-refractivity contribution in [2.75, 3.05) is 20.1 Å². The van der Waals surface area contributed by atoms with Gasteiger partial charge in [0, 0.05) is 18.5 Å². The molecule has 3 unspecified atom stereocenters. The number of nitrogens with one attached hydrogen (secondary N) is 1. The summed E-state index contributed by atoms with van der Waals surface area (Å²) in [6.45, 7) is 7.16. The van der Waals surface area contributed by atoms with E-state index in [1.165, 1.54) is 32.4 Å². The van der Waals surface area contributed by atoms with Crippen molar-refractivity contribution in [2.24, 2.45) is 5.92 Å². The molecule has 0 saturated carbocycles. The smallest absolute Gasteiger partial charge is 0.0117 e. The molecular weight excluding hydrogens is 196 g/mol. The Morgan fingerprint density at radius 3 is 2.75 bits per heavy atom. The normalized spacial score (nSPS) is 31.2. The summed E-state index contributed by atoms with van der Waals surface area (Å²) in [7, 11) is 2.08. The van der Waals surface area contributed by atoms with Gasteiger partial charge in [-0.1, -0.05) is 6.92 Å². The second-order valence-electron chi connectivity index (χ2n) is 4.98. The van der Waals surface area contributed by atoms with Gasteiger partial charge in [-0.2, -0.15) is 0 Å². The predicted molar refractivity (Wildman–Crippen MR) is 70.3 cm³/mol. The fourth-order valence-electron chi connectivity index (χ4n) is 2.70. The van der Waals surface area contributed by atoms with Gasteiger partial charge in [0.2, 0.25) is 0 Å². The molecule has 1 fully saturated rings. The fraction of sp³-hybridized carbons (Fsp3) is 0.857. The number of rotatable bonds is 5. The summed E-state index contributed by atoms with van der Waals surface area (Å²) in [6, 6.07) is 1.38. The van der Waals surface area contributed by atoms with Crippen LogP contribution < -0.4 is 5.32 Å². The molecule has 1 heterocycles. The Kier molecular flexibility index (Phi) is 5.87. The number of likely N-dealkylation sites (tertiary alicyclic amines) is 1. The summed E-state index contributed by atoms with van der Waals surface area (Å²) in [4.78, 5) is 2.62. The van der Waals surface area contributed by atoms with E-state index in [1.807, 2.05) is 0 Å². The van der Waals surface area contributed by atoms with Crippen molar-refractivity contribution in [3.8, 4) is 12.3 Å². The number of nitrogens with zero attached hydrogens (tertiary/aromatic N) is 1. The van der Waals surface area contributed by atoms with Gasteiger partial charge in [0.25, 0.3) is 0 Å². The number of hydrogen-bond acceptors (Lipinski definition) is 2. The van der Waals surface area contributed by atoms with Crippen molar-refractivity contribution in [1.82, 2.24) is 10.2 Å². The van der Waals surface area contributed by atoms with Crippen molar-refractivity contribution in [3.63, 3.8) is 0 Å². The van der Waals surface area contributed by atoms with Crippen molar-refractivity contribution in [2.45, 2.75) is 51.6 Å². The van der Waals surface area contributed by atoms with Crippen LogP contribution in [0.15, 0.2) is 0 Å². The van der Waals surface area contributed by atoms with Gasteiger partial charge in [-0.3, -0.25) is 0 Å². The van der Waals surface area contributed by atoms with E-state index in [4.69, 9.17) is 6.42 Å². The minimum atomic E-state index is 0.692. The third-order valence-corrected chi connectivity index (χ3v) is 4.09. The molecule has 0 radical (unpaired) electrons. The molecule has 1 rings (SSSR count). The Hall–Kier alpha value is -0.520. The van der Waals surface area contributed by atoms with Gasteiger partial charge < -0.3 is 10.2 Å². The van der Waals surface area contributed by atoms with Gasteiger partial charge in [-0.15, -0.1) is 12.3 Å². The predicted octanol–water partition coefficient (Wildman–Crippen LogP) is 2.11. The van der Waals surface area contributed by atoms with E-state index in [2.05, 4.69) is 37.0 Å². The summed E-state index contributed by atoms with van der Waals surface area (Å²) in [6.07, 6.45) is 9.88. The van der Waals surface area contributed by atoms with Crippen molar-refractivity contribution in [3.05, 3.63) is 0 Å². The first-order chi connectivity index (χ1) is 7.70. The van der Waals surface area contributed by atoms with Crippen LogP contribution in [-0.2, 0) is 0 Å². The minimum Gasteiger partial charge on any atom is -0.317 e. The highest BCUT2D eigenvalue weighted by Gasteiger charge is 2.30. The highest BCUT2D eigenvalue weighted by molar-refractivity contribution is 4.88. The lowest BCUT2D eigenvalue weighted by atomic mass is 9.87. The van der Waals surface area contributed by atoms with E-state index in [0.717, 1.165) is 12.3 Å². The van der Waals surface area contributed by atoms with E-state index in [0.29, 0.717) is 12.1 Å². The quantitative estimate of drug-likeness (QED) is 0.566. The van der Waals surface area contributed by atoms with E-state index < -0.39 is 0 Å². The Morgan fingerprint density at radius 1 is 1.38 bits per heavy atom. The first-order valence-electron chi connectivity index (χ1n) is 6.55. The highest BCUT2D eigenvalue weighted by Crippen LogP contribution is 2.23. The monoisotopic (exact) mass is 222 g/mol. The molecule has 2 nitrogen and oxygen atoms in total. The average Bonchev–Trinajstić information content (AvgIpc) is 2.30. The van der Waals surface area contributed by atoms with Crippen LogP contribution in [0, 0.1) is 18.3 Å². The van der Waals surface area contributed by atoms with Crippen molar-refractivity contribution in [1.29, 1.82) is 0 Å². The molecule has 0 aromatic carbocycles. The zero-order valence-electron chi connectivity index (χ0n) is 11.0. The van der Waals surface area contributed by atoms with Crippen molar-refractivity contribution < 1.29 is 0 Å². The summed E-state index contributed by atoms with van der Waals surface area (Å²) in [5.74, 6) is 3.46. The maximum Gasteiger partial charge on any atom is 0.0117 e. The lowest BCUT2D eigenvalue weighted by Gasteiger charge is -2.42. The molecule has 1 aliphatic rings. The Balaban J connectivity index is 2.31. The molecule has 0 aliphatic carbocycles. The Morgan fingerprint density at radius 2 is 2.12 bits per heavy atom. The summed E-state index contributed by atoms with van der Waals surface area (Å²) < 4.78 is 0. The van der Waals surface area contributed by atoms with Crippen LogP contribution in [0.3, 0.4) is 0 Å². The van der Waals surface area contributed by atoms with Crippen LogP contribution in [0.2, 0.25) is 0 Å². The fourth-order valence-corrected chi connectivity index (χ4v) is 2.70. The largest absolute Gasteiger partial charge is 0.317 e. The molecule has 0 spiro atoms. The molecule has 1 N–H and O–H groups in total. The molecule has 0 aromatic rings. The zero-order valence-corrected chi connectivity index (χ0v) is 11.0. The van der Waals surface area contributed by atoms with E-state index in [9.17, 15) is 0 Å². The standard InChI is InChI=1S/C14H26N2/c1-5-6-7-8-10-16-11-9-14(15-4)12(2)13(16)3/h1,12-15H,6-11H2,2-4H3. The zero-order chi connectivity index (χ0) is 12.0. The van der Waals surface area contributed by atoms with Gasteiger partial charge in [-0.05, 0) is 52.2 Å². The number of unbranched alkanes of at least 4 members (excludes halogenated alkanes) is 2. The molecule has 0 amide bonds. The van der Waals surface area contributed by atoms with Crippen LogP contribution in [-0.4, -0.2) is 37.1 Å². The maximum absolute atomic E-state index is 5.26. The molecule has 16 heavy (non-hydrogen) atoms. The highest BCUT2D eigenvalue weighted by atomic mass is 15.2.